The van der Waals surface area contributed by atoms with Crippen LogP contribution in [-0.2, 0) is 22.7 Å². The minimum absolute atomic E-state index is 0.0716. The first-order chi connectivity index (χ1) is 10.00. The molecule has 1 aromatic rings. The zero-order chi connectivity index (χ0) is 15.0. The summed E-state index contributed by atoms with van der Waals surface area (Å²) in [7, 11) is -2.91. The Balaban J connectivity index is 1.86. The van der Waals surface area contributed by atoms with Crippen molar-refractivity contribution in [3.8, 4) is 0 Å². The molecule has 2 N–H and O–H groups in total. The molecular formula is C15H25N3O2S. The quantitative estimate of drug-likeness (QED) is 0.924. The first-order valence-corrected chi connectivity index (χ1v) is 9.88. The summed E-state index contributed by atoms with van der Waals surface area (Å²) in [5.74, 6) is 1.86. The minimum Gasteiger partial charge on any atom is -0.384 e. The van der Waals surface area contributed by atoms with E-state index in [-0.39, 0.29) is 17.5 Å². The fourth-order valence-electron chi connectivity index (χ4n) is 3.81. The van der Waals surface area contributed by atoms with Gasteiger partial charge in [-0.25, -0.2) is 13.1 Å². The van der Waals surface area contributed by atoms with E-state index >= 15 is 0 Å². The maximum Gasteiger partial charge on any atom is 0.152 e. The van der Waals surface area contributed by atoms with Crippen LogP contribution in [0.15, 0.2) is 0 Å². The Hall–Kier alpha value is -1.04. The predicted octanol–water partition coefficient (Wildman–Crippen LogP) is 2.12. The molecule has 0 amide bonds. The highest BCUT2D eigenvalue weighted by Crippen LogP contribution is 2.33. The molecule has 0 radical (unpaired) electrons. The van der Waals surface area contributed by atoms with Gasteiger partial charge in [-0.3, -0.25) is 0 Å². The summed E-state index contributed by atoms with van der Waals surface area (Å²) in [6.07, 6.45) is 7.72. The van der Waals surface area contributed by atoms with E-state index in [0.717, 1.165) is 30.0 Å². The first-order valence-electron chi connectivity index (χ1n) is 8.06. The Kier molecular flexibility index (Phi) is 3.99. The van der Waals surface area contributed by atoms with Gasteiger partial charge >= 0.3 is 0 Å². The monoisotopic (exact) mass is 311 g/mol. The van der Waals surface area contributed by atoms with E-state index in [2.05, 4.69) is 6.92 Å². The lowest BCUT2D eigenvalue weighted by Gasteiger charge is -2.10. The molecular weight excluding hydrogens is 286 g/mol. The third kappa shape index (κ3) is 2.96. The molecule has 0 aromatic carbocycles. The van der Waals surface area contributed by atoms with E-state index in [4.69, 9.17) is 10.8 Å². The van der Waals surface area contributed by atoms with Crippen molar-refractivity contribution in [2.75, 3.05) is 17.2 Å². The van der Waals surface area contributed by atoms with Gasteiger partial charge in [0.1, 0.15) is 5.82 Å². The topological polar surface area (TPSA) is 78.0 Å². The van der Waals surface area contributed by atoms with Crippen LogP contribution in [0.5, 0.6) is 0 Å². The average Bonchev–Trinajstić information content (AvgIpc) is 3.11. The molecule has 2 fully saturated rings. The van der Waals surface area contributed by atoms with Gasteiger partial charge in [0.05, 0.1) is 23.2 Å². The van der Waals surface area contributed by atoms with Gasteiger partial charge in [0.2, 0.25) is 0 Å². The number of aromatic nitrogens is 2. The Morgan fingerprint density at radius 2 is 2.00 bits per heavy atom. The maximum atomic E-state index is 11.7. The molecule has 118 valence electrons. The second-order valence-electron chi connectivity index (χ2n) is 6.52. The van der Waals surface area contributed by atoms with Crippen LogP contribution in [0, 0.1) is 5.92 Å². The van der Waals surface area contributed by atoms with Crippen LogP contribution in [0.2, 0.25) is 0 Å². The number of anilines is 1. The molecule has 1 unspecified atom stereocenters. The first kappa shape index (κ1) is 14.9. The molecule has 1 aliphatic heterocycles. The SMILES string of the molecule is CCc1c(CC2CCCC2)nn(C2CCS(=O)(=O)C2)c1N. The molecule has 1 saturated heterocycles. The normalized spacial score (nSPS) is 25.7. The fraction of sp³-hybridized carbons (Fsp3) is 0.800. The summed E-state index contributed by atoms with van der Waals surface area (Å²) >= 11 is 0. The van der Waals surface area contributed by atoms with Gasteiger partial charge in [-0.05, 0) is 25.2 Å². The highest BCUT2D eigenvalue weighted by atomic mass is 32.2. The summed E-state index contributed by atoms with van der Waals surface area (Å²) < 4.78 is 25.2. The van der Waals surface area contributed by atoms with E-state index in [1.807, 2.05) is 0 Å². The maximum absolute atomic E-state index is 11.7. The van der Waals surface area contributed by atoms with Crippen molar-refractivity contribution in [2.24, 2.45) is 5.92 Å². The zero-order valence-electron chi connectivity index (χ0n) is 12.7. The molecule has 0 spiro atoms. The number of rotatable bonds is 4. The van der Waals surface area contributed by atoms with Gasteiger partial charge in [0.25, 0.3) is 0 Å². The Labute approximate surface area is 126 Å². The lowest BCUT2D eigenvalue weighted by Crippen LogP contribution is -2.15. The number of nitrogens with two attached hydrogens (primary N) is 1. The molecule has 3 rings (SSSR count). The standard InChI is InChI=1S/C15H25N3O2S/c1-2-13-14(9-11-5-3-4-6-11)17-18(15(13)16)12-7-8-21(19,20)10-12/h11-12H,2-10,16H2,1H3. The molecule has 2 aliphatic rings. The highest BCUT2D eigenvalue weighted by molar-refractivity contribution is 7.91. The van der Waals surface area contributed by atoms with Crippen molar-refractivity contribution >= 4 is 15.7 Å². The third-order valence-corrected chi connectivity index (χ3v) is 6.75. The molecule has 5 nitrogen and oxygen atoms in total. The Morgan fingerprint density at radius 3 is 2.57 bits per heavy atom. The van der Waals surface area contributed by atoms with Crippen LogP contribution in [0.1, 0.15) is 56.3 Å². The largest absolute Gasteiger partial charge is 0.384 e. The second-order valence-corrected chi connectivity index (χ2v) is 8.75. The summed E-state index contributed by atoms with van der Waals surface area (Å²) in [6, 6.07) is -0.0716. The number of sulfone groups is 1. The molecule has 2 heterocycles. The van der Waals surface area contributed by atoms with Gasteiger partial charge in [0, 0.05) is 5.56 Å². The summed E-state index contributed by atoms with van der Waals surface area (Å²) in [4.78, 5) is 0. The lowest BCUT2D eigenvalue weighted by molar-refractivity contribution is 0.486. The molecule has 1 saturated carbocycles. The third-order valence-electron chi connectivity index (χ3n) is 5.00. The summed E-state index contributed by atoms with van der Waals surface area (Å²) in [6.45, 7) is 2.10. The van der Waals surface area contributed by atoms with Crippen LogP contribution < -0.4 is 5.73 Å². The van der Waals surface area contributed by atoms with Crippen molar-refractivity contribution in [1.29, 1.82) is 0 Å². The van der Waals surface area contributed by atoms with Crippen molar-refractivity contribution < 1.29 is 8.42 Å². The van der Waals surface area contributed by atoms with E-state index in [0.29, 0.717) is 12.2 Å². The molecule has 6 heteroatoms. The van der Waals surface area contributed by atoms with Crippen LogP contribution in [-0.4, -0.2) is 29.7 Å². The van der Waals surface area contributed by atoms with Crippen LogP contribution in [0.3, 0.4) is 0 Å². The van der Waals surface area contributed by atoms with Crippen molar-refractivity contribution in [3.63, 3.8) is 0 Å². The number of hydrogen-bond acceptors (Lipinski definition) is 4. The van der Waals surface area contributed by atoms with E-state index in [1.54, 1.807) is 4.68 Å². The Bertz CT molecular complexity index is 615. The molecule has 21 heavy (non-hydrogen) atoms. The van der Waals surface area contributed by atoms with Gasteiger partial charge in [-0.1, -0.05) is 32.6 Å². The molecule has 0 bridgehead atoms. The Morgan fingerprint density at radius 1 is 1.29 bits per heavy atom. The van der Waals surface area contributed by atoms with E-state index < -0.39 is 9.84 Å². The van der Waals surface area contributed by atoms with Crippen LogP contribution in [0.4, 0.5) is 5.82 Å². The van der Waals surface area contributed by atoms with E-state index in [1.165, 1.54) is 25.7 Å². The average molecular weight is 311 g/mol. The van der Waals surface area contributed by atoms with Gasteiger partial charge in [-0.2, -0.15) is 5.10 Å². The lowest BCUT2D eigenvalue weighted by atomic mass is 9.99. The van der Waals surface area contributed by atoms with Crippen LogP contribution in [0.25, 0.3) is 0 Å². The highest BCUT2D eigenvalue weighted by Gasteiger charge is 2.32. The molecule has 1 aromatic heterocycles. The second kappa shape index (κ2) is 5.63. The predicted molar refractivity (Wildman–Crippen MR) is 84.0 cm³/mol. The van der Waals surface area contributed by atoms with Crippen molar-refractivity contribution in [2.45, 2.75) is 57.9 Å². The number of nitrogens with zero attached hydrogens (tertiary/aromatic N) is 2. The molecule has 1 aliphatic carbocycles. The van der Waals surface area contributed by atoms with Gasteiger partial charge in [0.15, 0.2) is 9.84 Å². The number of nitrogen functional groups attached to an aromatic ring is 1. The van der Waals surface area contributed by atoms with Crippen molar-refractivity contribution in [1.82, 2.24) is 9.78 Å². The van der Waals surface area contributed by atoms with Gasteiger partial charge < -0.3 is 5.73 Å². The van der Waals surface area contributed by atoms with Crippen molar-refractivity contribution in [3.05, 3.63) is 11.3 Å². The zero-order valence-corrected chi connectivity index (χ0v) is 13.5. The van der Waals surface area contributed by atoms with Gasteiger partial charge in [-0.15, -0.1) is 0 Å². The summed E-state index contributed by atoms with van der Waals surface area (Å²) in [5.41, 5.74) is 8.50. The minimum atomic E-state index is -2.91. The van der Waals surface area contributed by atoms with Crippen LogP contribution >= 0.6 is 0 Å². The smallest absolute Gasteiger partial charge is 0.152 e. The fourth-order valence-corrected chi connectivity index (χ4v) is 5.51. The molecule has 1 atom stereocenters. The summed E-state index contributed by atoms with van der Waals surface area (Å²) in [5, 5.41) is 4.72. The van der Waals surface area contributed by atoms with E-state index in [9.17, 15) is 8.42 Å². The number of hydrogen-bond donors (Lipinski definition) is 1.